The summed E-state index contributed by atoms with van der Waals surface area (Å²) >= 11 is 0. The largest absolute Gasteiger partial charge is 0.231 e. The molecule has 0 aliphatic heterocycles. The Morgan fingerprint density at radius 3 is 2.47 bits per heavy atom. The first kappa shape index (κ1) is 10.2. The summed E-state index contributed by atoms with van der Waals surface area (Å²) in [6.07, 6.45) is 14.5. The van der Waals surface area contributed by atoms with E-state index < -0.39 is 0 Å². The van der Waals surface area contributed by atoms with Crippen molar-refractivity contribution in [2.45, 2.75) is 38.1 Å². The molecule has 0 N–H and O–H groups in total. The van der Waals surface area contributed by atoms with Crippen molar-refractivity contribution in [2.75, 3.05) is 0 Å². The Labute approximate surface area is 91.6 Å². The first-order valence-electron chi connectivity index (χ1n) is 5.70. The van der Waals surface area contributed by atoms with E-state index in [-0.39, 0.29) is 6.04 Å². The van der Waals surface area contributed by atoms with Crippen LogP contribution in [0.4, 0.5) is 0 Å². The third-order valence-electron chi connectivity index (χ3n) is 2.84. The van der Waals surface area contributed by atoms with Crippen LogP contribution in [0.15, 0.2) is 47.0 Å². The summed E-state index contributed by atoms with van der Waals surface area (Å²) in [5.41, 5.74) is 2.44. The first-order chi connectivity index (χ1) is 7.34. The lowest BCUT2D eigenvalue weighted by atomic mass is 9.96. The van der Waals surface area contributed by atoms with Crippen molar-refractivity contribution in [2.24, 2.45) is 4.99 Å². The minimum Gasteiger partial charge on any atom is -0.231 e. The summed E-state index contributed by atoms with van der Waals surface area (Å²) in [7, 11) is 0. The molecule has 0 saturated heterocycles. The molecule has 1 nitrogen and oxygen atoms in total. The Morgan fingerprint density at radius 2 is 1.80 bits per heavy atom. The highest BCUT2D eigenvalue weighted by atomic mass is 14.7. The summed E-state index contributed by atoms with van der Waals surface area (Å²) in [5, 5.41) is 0. The lowest BCUT2D eigenvalue weighted by molar-refractivity contribution is 0.604. The van der Waals surface area contributed by atoms with Crippen LogP contribution >= 0.6 is 0 Å². The molecule has 0 aromatic rings. The van der Waals surface area contributed by atoms with Crippen LogP contribution in [0.25, 0.3) is 0 Å². The van der Waals surface area contributed by atoms with E-state index in [0.29, 0.717) is 0 Å². The van der Waals surface area contributed by atoms with Crippen molar-refractivity contribution in [1.82, 2.24) is 0 Å². The highest BCUT2D eigenvalue weighted by Gasteiger charge is 2.05. The van der Waals surface area contributed by atoms with Crippen LogP contribution < -0.4 is 0 Å². The van der Waals surface area contributed by atoms with E-state index in [2.05, 4.69) is 29.6 Å². The Kier molecular flexibility index (Phi) is 3.37. The van der Waals surface area contributed by atoms with Gasteiger partial charge in [0.15, 0.2) is 0 Å². The molecule has 0 spiro atoms. The van der Waals surface area contributed by atoms with Crippen LogP contribution in [0, 0.1) is 0 Å². The van der Waals surface area contributed by atoms with Gasteiger partial charge in [0, 0.05) is 0 Å². The molecule has 0 aromatic carbocycles. The molecule has 0 aromatic heterocycles. The maximum Gasteiger partial charge on any atom is 0.0961 e. The molecule has 2 aliphatic rings. The van der Waals surface area contributed by atoms with E-state index in [1.807, 2.05) is 12.2 Å². The highest BCUT2D eigenvalue weighted by Crippen LogP contribution is 2.20. The van der Waals surface area contributed by atoms with Gasteiger partial charge in [-0.15, -0.1) is 0 Å². The van der Waals surface area contributed by atoms with Crippen LogP contribution in [0.1, 0.15) is 32.1 Å². The van der Waals surface area contributed by atoms with Crippen LogP contribution in [0.5, 0.6) is 0 Å². The maximum atomic E-state index is 4.44. The second-order valence-electron chi connectivity index (χ2n) is 4.19. The fourth-order valence-corrected chi connectivity index (χ4v) is 1.91. The monoisotopic (exact) mass is 199 g/mol. The van der Waals surface area contributed by atoms with Gasteiger partial charge in [0.25, 0.3) is 0 Å². The van der Waals surface area contributed by atoms with Gasteiger partial charge in [-0.25, -0.2) is 4.99 Å². The van der Waals surface area contributed by atoms with Gasteiger partial charge in [-0.1, -0.05) is 37.3 Å². The quantitative estimate of drug-likeness (QED) is 0.572. The van der Waals surface area contributed by atoms with E-state index >= 15 is 0 Å². The predicted molar refractivity (Wildman–Crippen MR) is 65.2 cm³/mol. The number of aliphatic imine (C=N–C) groups is 1. The second kappa shape index (κ2) is 4.95. The van der Waals surface area contributed by atoms with Gasteiger partial charge in [-0.05, 0) is 42.7 Å². The van der Waals surface area contributed by atoms with E-state index in [0.717, 1.165) is 5.57 Å². The Morgan fingerprint density at radius 1 is 1.13 bits per heavy atom. The Hall–Kier alpha value is -1.33. The molecule has 1 saturated carbocycles. The second-order valence-corrected chi connectivity index (χ2v) is 4.19. The molecule has 0 unspecified atom stereocenters. The van der Waals surface area contributed by atoms with Crippen LogP contribution in [0.2, 0.25) is 0 Å². The number of hydrogen-bond donors (Lipinski definition) is 0. The van der Waals surface area contributed by atoms with Crippen molar-refractivity contribution in [1.29, 1.82) is 0 Å². The highest BCUT2D eigenvalue weighted by molar-refractivity contribution is 5.59. The van der Waals surface area contributed by atoms with Gasteiger partial charge in [-0.3, -0.25) is 0 Å². The third-order valence-corrected chi connectivity index (χ3v) is 2.84. The SMILES string of the molecule is C=C1C=CC(N=C=C2CCCCC2)C=C1. The minimum absolute atomic E-state index is 0.171. The summed E-state index contributed by atoms with van der Waals surface area (Å²) in [4.78, 5) is 4.44. The van der Waals surface area contributed by atoms with Gasteiger partial charge in [0.2, 0.25) is 0 Å². The number of hydrogen-bond acceptors (Lipinski definition) is 1. The molecule has 0 heterocycles. The molecular weight excluding hydrogens is 182 g/mol. The maximum absolute atomic E-state index is 4.44. The molecular formula is C14H17N. The standard InChI is InChI=1S/C14H17N/c1-12-7-9-14(10-8-12)15-11-13-5-3-2-4-6-13/h7-10,14H,1-6H2. The zero-order valence-electron chi connectivity index (χ0n) is 9.08. The average molecular weight is 199 g/mol. The van der Waals surface area contributed by atoms with Gasteiger partial charge in [0.1, 0.15) is 0 Å². The molecule has 0 radical (unpaired) electrons. The molecule has 15 heavy (non-hydrogen) atoms. The van der Waals surface area contributed by atoms with Gasteiger partial charge < -0.3 is 0 Å². The summed E-state index contributed by atoms with van der Waals surface area (Å²) in [5.74, 6) is 3.22. The molecule has 2 aliphatic carbocycles. The summed E-state index contributed by atoms with van der Waals surface area (Å²) in [6, 6.07) is 0.171. The van der Waals surface area contributed by atoms with Crippen molar-refractivity contribution in [3.63, 3.8) is 0 Å². The molecule has 1 heteroatoms. The fraction of sp³-hybridized carbons (Fsp3) is 0.429. The normalized spacial score (nSPS) is 21.6. The predicted octanol–water partition coefficient (Wildman–Crippen LogP) is 3.60. The van der Waals surface area contributed by atoms with Gasteiger partial charge in [0.05, 0.1) is 6.04 Å². The number of rotatable bonds is 1. The molecule has 0 bridgehead atoms. The molecule has 1 fully saturated rings. The van der Waals surface area contributed by atoms with E-state index in [4.69, 9.17) is 0 Å². The molecule has 78 valence electrons. The van der Waals surface area contributed by atoms with Crippen molar-refractivity contribution in [3.8, 4) is 0 Å². The average Bonchev–Trinajstić information content (AvgIpc) is 2.30. The zero-order valence-corrected chi connectivity index (χ0v) is 9.08. The van der Waals surface area contributed by atoms with Gasteiger partial charge in [-0.2, -0.15) is 0 Å². The first-order valence-corrected chi connectivity index (χ1v) is 5.70. The van der Waals surface area contributed by atoms with E-state index in [1.165, 1.54) is 37.7 Å². The lowest BCUT2D eigenvalue weighted by Crippen LogP contribution is -1.99. The van der Waals surface area contributed by atoms with E-state index in [9.17, 15) is 0 Å². The third kappa shape index (κ3) is 3.07. The van der Waals surface area contributed by atoms with E-state index in [1.54, 1.807) is 0 Å². The van der Waals surface area contributed by atoms with Crippen molar-refractivity contribution in [3.05, 3.63) is 42.0 Å². The fourth-order valence-electron chi connectivity index (χ4n) is 1.91. The van der Waals surface area contributed by atoms with Gasteiger partial charge >= 0.3 is 0 Å². The lowest BCUT2D eigenvalue weighted by Gasteiger charge is -2.10. The van der Waals surface area contributed by atoms with Crippen LogP contribution in [-0.4, -0.2) is 11.9 Å². The topological polar surface area (TPSA) is 12.4 Å². The molecule has 0 amide bonds. The van der Waals surface area contributed by atoms with Crippen LogP contribution in [0.3, 0.4) is 0 Å². The van der Waals surface area contributed by atoms with Crippen LogP contribution in [-0.2, 0) is 0 Å². The molecule has 0 atom stereocenters. The van der Waals surface area contributed by atoms with Crippen molar-refractivity contribution < 1.29 is 0 Å². The minimum atomic E-state index is 0.171. The summed E-state index contributed by atoms with van der Waals surface area (Å²) in [6.45, 7) is 3.86. The number of nitrogens with zero attached hydrogens (tertiary/aromatic N) is 1. The van der Waals surface area contributed by atoms with Crippen molar-refractivity contribution >= 4 is 5.87 Å². The Bertz CT molecular complexity index is 341. The zero-order chi connectivity index (χ0) is 10.5. The molecule has 2 rings (SSSR count). The Balaban J connectivity index is 2.01. The number of allylic oxidation sites excluding steroid dienone is 4. The summed E-state index contributed by atoms with van der Waals surface area (Å²) < 4.78 is 0. The smallest absolute Gasteiger partial charge is 0.0961 e.